The molecule has 4 nitrogen and oxygen atoms in total. The van der Waals surface area contributed by atoms with Crippen molar-refractivity contribution in [1.82, 2.24) is 0 Å². The summed E-state index contributed by atoms with van der Waals surface area (Å²) in [5, 5.41) is 7.35. The predicted molar refractivity (Wildman–Crippen MR) is 75.3 cm³/mol. The Balaban J connectivity index is 2.26. The topological polar surface area (TPSA) is 76.8 Å². The van der Waals surface area contributed by atoms with Gasteiger partial charge in [0.2, 0.25) is 5.96 Å². The van der Waals surface area contributed by atoms with Crippen LogP contribution in [-0.4, -0.2) is 12.2 Å². The van der Waals surface area contributed by atoms with Gasteiger partial charge in [-0.2, -0.15) is 5.10 Å². The highest BCUT2D eigenvalue weighted by Gasteiger charge is 1.96. The van der Waals surface area contributed by atoms with Gasteiger partial charge in [0.1, 0.15) is 0 Å². The van der Waals surface area contributed by atoms with Gasteiger partial charge in [0, 0.05) is 0 Å². The van der Waals surface area contributed by atoms with E-state index in [1.165, 1.54) is 0 Å². The molecule has 2 aromatic carbocycles. The second-order valence-electron chi connectivity index (χ2n) is 3.76. The molecule has 18 heavy (non-hydrogen) atoms. The Labute approximate surface area is 106 Å². The lowest BCUT2D eigenvalue weighted by molar-refractivity contribution is 1.21. The first-order valence-corrected chi connectivity index (χ1v) is 5.53. The molecule has 0 aliphatic carbocycles. The molecule has 0 atom stereocenters. The minimum atomic E-state index is -0.0505. The molecule has 2 rings (SSSR count). The second kappa shape index (κ2) is 5.63. The van der Waals surface area contributed by atoms with Crippen LogP contribution in [0.3, 0.4) is 0 Å². The normalized spacial score (nSPS) is 10.4. The molecular weight excluding hydrogens is 224 g/mol. The first-order chi connectivity index (χ1) is 8.75. The third-order valence-electron chi connectivity index (χ3n) is 2.37. The fourth-order valence-corrected chi connectivity index (χ4v) is 1.59. The van der Waals surface area contributed by atoms with Crippen LogP contribution in [-0.2, 0) is 0 Å². The lowest BCUT2D eigenvalue weighted by Gasteiger charge is -2.01. The van der Waals surface area contributed by atoms with Gasteiger partial charge in [0.25, 0.3) is 0 Å². The van der Waals surface area contributed by atoms with Crippen molar-refractivity contribution in [2.45, 2.75) is 0 Å². The van der Waals surface area contributed by atoms with Gasteiger partial charge in [0.15, 0.2) is 0 Å². The van der Waals surface area contributed by atoms with Crippen LogP contribution < -0.4 is 11.5 Å². The Kier molecular flexibility index (Phi) is 3.71. The zero-order chi connectivity index (χ0) is 12.8. The van der Waals surface area contributed by atoms with Crippen molar-refractivity contribution in [3.63, 3.8) is 0 Å². The molecule has 0 saturated heterocycles. The van der Waals surface area contributed by atoms with Crippen LogP contribution in [0.25, 0.3) is 11.1 Å². The van der Waals surface area contributed by atoms with Gasteiger partial charge < -0.3 is 11.5 Å². The molecule has 0 spiro atoms. The first kappa shape index (κ1) is 11.9. The van der Waals surface area contributed by atoms with Crippen molar-refractivity contribution >= 4 is 12.2 Å². The molecule has 4 heteroatoms. The van der Waals surface area contributed by atoms with E-state index < -0.39 is 0 Å². The monoisotopic (exact) mass is 238 g/mol. The molecule has 0 bridgehead atoms. The summed E-state index contributed by atoms with van der Waals surface area (Å²) >= 11 is 0. The summed E-state index contributed by atoms with van der Waals surface area (Å²) in [7, 11) is 0. The first-order valence-electron chi connectivity index (χ1n) is 5.53. The molecule has 0 unspecified atom stereocenters. The molecule has 0 radical (unpaired) electrons. The molecule has 0 aromatic heterocycles. The average molecular weight is 238 g/mol. The predicted octanol–water partition coefficient (Wildman–Crippen LogP) is 1.96. The molecule has 0 aliphatic rings. The number of guanidine groups is 1. The summed E-state index contributed by atoms with van der Waals surface area (Å²) in [6.07, 6.45) is 1.62. The maximum absolute atomic E-state index is 5.19. The number of hydrogen-bond acceptors (Lipinski definition) is 2. The molecule has 90 valence electrons. The van der Waals surface area contributed by atoms with E-state index in [1.54, 1.807) is 6.21 Å². The van der Waals surface area contributed by atoms with Crippen LogP contribution in [0.1, 0.15) is 5.56 Å². The van der Waals surface area contributed by atoms with Crippen molar-refractivity contribution in [3.05, 3.63) is 60.2 Å². The van der Waals surface area contributed by atoms with Gasteiger partial charge in [-0.1, -0.05) is 48.5 Å². The number of nitrogens with two attached hydrogens (primary N) is 2. The van der Waals surface area contributed by atoms with E-state index >= 15 is 0 Å². The fourth-order valence-electron chi connectivity index (χ4n) is 1.59. The number of nitrogens with zero attached hydrogens (tertiary/aromatic N) is 2. The summed E-state index contributed by atoms with van der Waals surface area (Å²) in [4.78, 5) is 0. The third-order valence-corrected chi connectivity index (χ3v) is 2.37. The number of benzene rings is 2. The zero-order valence-electron chi connectivity index (χ0n) is 9.82. The largest absolute Gasteiger partial charge is 0.369 e. The maximum atomic E-state index is 5.19. The van der Waals surface area contributed by atoms with Gasteiger partial charge in [-0.3, -0.25) is 0 Å². The van der Waals surface area contributed by atoms with Gasteiger partial charge >= 0.3 is 0 Å². The Morgan fingerprint density at radius 1 is 0.889 bits per heavy atom. The Morgan fingerprint density at radius 2 is 1.61 bits per heavy atom. The van der Waals surface area contributed by atoms with E-state index in [0.717, 1.165) is 16.7 Å². The highest BCUT2D eigenvalue weighted by Crippen LogP contribution is 2.19. The molecule has 0 aliphatic heterocycles. The summed E-state index contributed by atoms with van der Waals surface area (Å²) in [6, 6.07) is 18.1. The molecule has 0 amide bonds. The van der Waals surface area contributed by atoms with E-state index in [1.807, 2.05) is 42.5 Å². The van der Waals surface area contributed by atoms with Crippen LogP contribution in [0.5, 0.6) is 0 Å². The fraction of sp³-hybridized carbons (Fsp3) is 0. The Hall–Kier alpha value is -2.62. The van der Waals surface area contributed by atoms with Crippen LogP contribution in [0, 0.1) is 0 Å². The number of hydrogen-bond donors (Lipinski definition) is 2. The van der Waals surface area contributed by atoms with Crippen molar-refractivity contribution in [1.29, 1.82) is 0 Å². The summed E-state index contributed by atoms with van der Waals surface area (Å²) < 4.78 is 0. The summed E-state index contributed by atoms with van der Waals surface area (Å²) in [5.41, 5.74) is 13.6. The van der Waals surface area contributed by atoms with Crippen molar-refractivity contribution in [3.8, 4) is 11.1 Å². The van der Waals surface area contributed by atoms with Crippen LogP contribution in [0.4, 0.5) is 0 Å². The average Bonchev–Trinajstić information content (AvgIpc) is 2.40. The second-order valence-corrected chi connectivity index (χ2v) is 3.76. The SMILES string of the molecule is NC(N)=NN=Cc1cccc(-c2ccccc2)c1. The quantitative estimate of drug-likeness (QED) is 0.487. The molecular formula is C14H14N4. The van der Waals surface area contributed by atoms with Crippen LogP contribution in [0.15, 0.2) is 64.8 Å². The highest BCUT2D eigenvalue weighted by atomic mass is 15.3. The standard InChI is InChI=1S/C14H14N4/c15-14(16)18-17-10-11-5-4-8-13(9-11)12-6-2-1-3-7-12/h1-10H,(H4,15,16,18). The molecule has 2 aromatic rings. The van der Waals surface area contributed by atoms with Gasteiger partial charge in [0.05, 0.1) is 6.21 Å². The van der Waals surface area contributed by atoms with Crippen LogP contribution >= 0.6 is 0 Å². The zero-order valence-corrected chi connectivity index (χ0v) is 9.82. The summed E-state index contributed by atoms with van der Waals surface area (Å²) in [5.74, 6) is -0.0505. The van der Waals surface area contributed by atoms with E-state index in [4.69, 9.17) is 11.5 Å². The van der Waals surface area contributed by atoms with Gasteiger partial charge in [-0.05, 0) is 22.8 Å². The van der Waals surface area contributed by atoms with Crippen molar-refractivity contribution < 1.29 is 0 Å². The minimum absolute atomic E-state index is 0.0505. The number of rotatable bonds is 3. The van der Waals surface area contributed by atoms with Gasteiger partial charge in [-0.25, -0.2) is 0 Å². The Bertz CT molecular complexity index is 569. The third kappa shape index (κ3) is 3.18. The van der Waals surface area contributed by atoms with E-state index in [-0.39, 0.29) is 5.96 Å². The molecule has 0 saturated carbocycles. The van der Waals surface area contributed by atoms with Crippen molar-refractivity contribution in [2.24, 2.45) is 21.7 Å². The van der Waals surface area contributed by atoms with E-state index in [2.05, 4.69) is 22.3 Å². The minimum Gasteiger partial charge on any atom is -0.369 e. The lowest BCUT2D eigenvalue weighted by atomic mass is 10.0. The molecule has 4 N–H and O–H groups in total. The van der Waals surface area contributed by atoms with Crippen molar-refractivity contribution in [2.75, 3.05) is 0 Å². The van der Waals surface area contributed by atoms with E-state index in [9.17, 15) is 0 Å². The molecule has 0 fully saturated rings. The Morgan fingerprint density at radius 3 is 2.33 bits per heavy atom. The van der Waals surface area contributed by atoms with E-state index in [0.29, 0.717) is 0 Å². The smallest absolute Gasteiger partial charge is 0.211 e. The molecule has 0 heterocycles. The summed E-state index contributed by atoms with van der Waals surface area (Å²) in [6.45, 7) is 0. The highest BCUT2D eigenvalue weighted by molar-refractivity contribution is 5.83. The van der Waals surface area contributed by atoms with Crippen LogP contribution in [0.2, 0.25) is 0 Å². The lowest BCUT2D eigenvalue weighted by Crippen LogP contribution is -2.21. The van der Waals surface area contributed by atoms with Gasteiger partial charge in [-0.15, -0.1) is 5.10 Å². The maximum Gasteiger partial charge on any atom is 0.211 e.